The van der Waals surface area contributed by atoms with Crippen LogP contribution in [0.3, 0.4) is 0 Å². The molecule has 0 N–H and O–H groups in total. The summed E-state index contributed by atoms with van der Waals surface area (Å²) in [6.07, 6.45) is 1.16. The van der Waals surface area contributed by atoms with E-state index in [1.165, 1.54) is 16.7 Å². The van der Waals surface area contributed by atoms with Gasteiger partial charge in [0.1, 0.15) is 0 Å². The predicted molar refractivity (Wildman–Crippen MR) is 81.0 cm³/mol. The molecular formula is C17H27NO. The molecule has 0 aromatic heterocycles. The fraction of sp³-hybridized carbons (Fsp3) is 0.647. The maximum absolute atomic E-state index is 5.41. The molecule has 1 saturated heterocycles. The summed E-state index contributed by atoms with van der Waals surface area (Å²) in [4.78, 5) is 2.52. The molecule has 0 aliphatic carbocycles. The van der Waals surface area contributed by atoms with E-state index >= 15 is 0 Å². The third kappa shape index (κ3) is 3.58. The maximum atomic E-state index is 5.41. The minimum Gasteiger partial charge on any atom is -0.379 e. The summed E-state index contributed by atoms with van der Waals surface area (Å²) in [6.45, 7) is 14.2. The number of morpholine rings is 1. The van der Waals surface area contributed by atoms with Crippen LogP contribution in [0, 0.1) is 13.8 Å². The average Bonchev–Trinajstić information content (AvgIpc) is 2.39. The molecule has 1 aromatic rings. The standard InChI is InChI=1S/C17H27NO/c1-13(2)16-6-5-14(3)17(15(16)4)7-8-18-9-11-19-12-10-18/h5-6,13H,7-12H2,1-4H3. The smallest absolute Gasteiger partial charge is 0.0594 e. The van der Waals surface area contributed by atoms with Crippen molar-refractivity contribution in [2.24, 2.45) is 0 Å². The molecule has 0 bridgehead atoms. The summed E-state index contributed by atoms with van der Waals surface area (Å²) >= 11 is 0. The maximum Gasteiger partial charge on any atom is 0.0594 e. The van der Waals surface area contributed by atoms with Crippen LogP contribution in [0.2, 0.25) is 0 Å². The van der Waals surface area contributed by atoms with Gasteiger partial charge in [0.25, 0.3) is 0 Å². The highest BCUT2D eigenvalue weighted by Crippen LogP contribution is 2.25. The quantitative estimate of drug-likeness (QED) is 0.824. The van der Waals surface area contributed by atoms with Gasteiger partial charge < -0.3 is 4.74 Å². The number of hydrogen-bond donors (Lipinski definition) is 0. The first kappa shape index (κ1) is 14.5. The molecule has 1 aliphatic heterocycles. The monoisotopic (exact) mass is 261 g/mol. The Morgan fingerprint density at radius 1 is 1.16 bits per heavy atom. The van der Waals surface area contributed by atoms with Crippen LogP contribution in [0.4, 0.5) is 0 Å². The van der Waals surface area contributed by atoms with Gasteiger partial charge in [-0.05, 0) is 48.4 Å². The van der Waals surface area contributed by atoms with E-state index in [9.17, 15) is 0 Å². The van der Waals surface area contributed by atoms with E-state index in [1.807, 2.05) is 0 Å². The van der Waals surface area contributed by atoms with E-state index in [2.05, 4.69) is 44.7 Å². The number of benzene rings is 1. The minimum absolute atomic E-state index is 0.614. The lowest BCUT2D eigenvalue weighted by atomic mass is 9.90. The zero-order valence-electron chi connectivity index (χ0n) is 12.8. The Morgan fingerprint density at radius 2 is 1.84 bits per heavy atom. The van der Waals surface area contributed by atoms with Crippen molar-refractivity contribution in [1.82, 2.24) is 4.90 Å². The second kappa shape index (κ2) is 6.53. The first-order chi connectivity index (χ1) is 9.09. The molecule has 1 aliphatic rings. The Labute approximate surface area is 117 Å². The summed E-state index contributed by atoms with van der Waals surface area (Å²) in [7, 11) is 0. The molecule has 1 heterocycles. The van der Waals surface area contributed by atoms with Gasteiger partial charge in [-0.3, -0.25) is 4.90 Å². The van der Waals surface area contributed by atoms with E-state index in [-0.39, 0.29) is 0 Å². The Balaban J connectivity index is 2.08. The highest BCUT2D eigenvalue weighted by Gasteiger charge is 2.13. The average molecular weight is 261 g/mol. The van der Waals surface area contributed by atoms with Crippen molar-refractivity contribution in [2.75, 3.05) is 32.8 Å². The highest BCUT2D eigenvalue weighted by molar-refractivity contribution is 5.41. The van der Waals surface area contributed by atoms with Crippen molar-refractivity contribution in [3.63, 3.8) is 0 Å². The number of rotatable bonds is 4. The molecular weight excluding hydrogens is 234 g/mol. The molecule has 0 amide bonds. The summed E-state index contributed by atoms with van der Waals surface area (Å²) in [5.41, 5.74) is 6.00. The van der Waals surface area contributed by atoms with Crippen LogP contribution in [0.25, 0.3) is 0 Å². The van der Waals surface area contributed by atoms with E-state index in [1.54, 1.807) is 5.56 Å². The molecule has 0 spiro atoms. The van der Waals surface area contributed by atoms with Crippen molar-refractivity contribution in [2.45, 2.75) is 40.0 Å². The SMILES string of the molecule is Cc1ccc(C(C)C)c(C)c1CCN1CCOCC1. The summed E-state index contributed by atoms with van der Waals surface area (Å²) in [5.74, 6) is 0.614. The van der Waals surface area contributed by atoms with Gasteiger partial charge in [0.2, 0.25) is 0 Å². The normalized spacial score (nSPS) is 17.1. The molecule has 1 aromatic carbocycles. The van der Waals surface area contributed by atoms with Gasteiger partial charge in [-0.25, -0.2) is 0 Å². The first-order valence-electron chi connectivity index (χ1n) is 7.48. The van der Waals surface area contributed by atoms with Crippen molar-refractivity contribution in [1.29, 1.82) is 0 Å². The number of ether oxygens (including phenoxy) is 1. The molecule has 0 saturated carbocycles. The van der Waals surface area contributed by atoms with E-state index < -0.39 is 0 Å². The molecule has 0 radical (unpaired) electrons. The van der Waals surface area contributed by atoms with Gasteiger partial charge in [0, 0.05) is 19.6 Å². The predicted octanol–water partition coefficient (Wildman–Crippen LogP) is 3.30. The van der Waals surface area contributed by atoms with Crippen molar-refractivity contribution >= 4 is 0 Å². The third-order valence-corrected chi connectivity index (χ3v) is 4.28. The zero-order chi connectivity index (χ0) is 13.8. The minimum atomic E-state index is 0.614. The van der Waals surface area contributed by atoms with Crippen LogP contribution in [0.15, 0.2) is 12.1 Å². The van der Waals surface area contributed by atoms with Gasteiger partial charge in [0.05, 0.1) is 13.2 Å². The van der Waals surface area contributed by atoms with Crippen LogP contribution in [-0.4, -0.2) is 37.7 Å². The molecule has 0 unspecified atom stereocenters. The number of nitrogens with zero attached hydrogens (tertiary/aromatic N) is 1. The number of aryl methyl sites for hydroxylation is 1. The lowest BCUT2D eigenvalue weighted by Crippen LogP contribution is -2.37. The Kier molecular flexibility index (Phi) is 5.00. The topological polar surface area (TPSA) is 12.5 Å². The number of hydrogen-bond acceptors (Lipinski definition) is 2. The molecule has 2 rings (SSSR count). The van der Waals surface area contributed by atoms with Crippen molar-refractivity contribution in [3.8, 4) is 0 Å². The van der Waals surface area contributed by atoms with Crippen LogP contribution in [0.1, 0.15) is 42.0 Å². The largest absolute Gasteiger partial charge is 0.379 e. The van der Waals surface area contributed by atoms with Crippen LogP contribution in [-0.2, 0) is 11.2 Å². The summed E-state index contributed by atoms with van der Waals surface area (Å²) in [6, 6.07) is 4.59. The first-order valence-corrected chi connectivity index (χ1v) is 7.48. The van der Waals surface area contributed by atoms with Gasteiger partial charge >= 0.3 is 0 Å². The highest BCUT2D eigenvalue weighted by atomic mass is 16.5. The van der Waals surface area contributed by atoms with Gasteiger partial charge in [-0.1, -0.05) is 26.0 Å². The third-order valence-electron chi connectivity index (χ3n) is 4.28. The lowest BCUT2D eigenvalue weighted by Gasteiger charge is -2.27. The van der Waals surface area contributed by atoms with E-state index in [4.69, 9.17) is 4.74 Å². The van der Waals surface area contributed by atoms with Crippen LogP contribution in [0.5, 0.6) is 0 Å². The molecule has 2 heteroatoms. The van der Waals surface area contributed by atoms with Gasteiger partial charge in [0.15, 0.2) is 0 Å². The van der Waals surface area contributed by atoms with Crippen molar-refractivity contribution in [3.05, 3.63) is 34.4 Å². The Morgan fingerprint density at radius 3 is 2.47 bits per heavy atom. The molecule has 2 nitrogen and oxygen atoms in total. The lowest BCUT2D eigenvalue weighted by molar-refractivity contribution is 0.0384. The van der Waals surface area contributed by atoms with E-state index in [0.29, 0.717) is 5.92 Å². The fourth-order valence-corrected chi connectivity index (χ4v) is 3.02. The Hall–Kier alpha value is -0.860. The van der Waals surface area contributed by atoms with Gasteiger partial charge in [-0.2, -0.15) is 0 Å². The van der Waals surface area contributed by atoms with E-state index in [0.717, 1.165) is 39.3 Å². The fourth-order valence-electron chi connectivity index (χ4n) is 3.02. The summed E-state index contributed by atoms with van der Waals surface area (Å²) < 4.78 is 5.41. The molecule has 106 valence electrons. The molecule has 1 fully saturated rings. The zero-order valence-corrected chi connectivity index (χ0v) is 12.8. The molecule has 19 heavy (non-hydrogen) atoms. The summed E-state index contributed by atoms with van der Waals surface area (Å²) in [5, 5.41) is 0. The van der Waals surface area contributed by atoms with Crippen LogP contribution < -0.4 is 0 Å². The van der Waals surface area contributed by atoms with Crippen molar-refractivity contribution < 1.29 is 4.74 Å². The van der Waals surface area contributed by atoms with Crippen LogP contribution >= 0.6 is 0 Å². The molecule has 0 atom stereocenters. The second-order valence-corrected chi connectivity index (χ2v) is 5.93. The second-order valence-electron chi connectivity index (χ2n) is 5.93. The van der Waals surface area contributed by atoms with Gasteiger partial charge in [-0.15, -0.1) is 0 Å². The Bertz CT molecular complexity index is 420.